The van der Waals surface area contributed by atoms with Gasteiger partial charge in [0.05, 0.1) is 0 Å². The van der Waals surface area contributed by atoms with Crippen LogP contribution in [0.5, 0.6) is 0 Å². The van der Waals surface area contributed by atoms with Crippen molar-refractivity contribution in [3.05, 3.63) is 28.2 Å². The number of halogens is 1. The molecule has 1 aromatic carbocycles. The summed E-state index contributed by atoms with van der Waals surface area (Å²) in [7, 11) is 0. The molecule has 1 unspecified atom stereocenters. The molecule has 7 heteroatoms. The third kappa shape index (κ3) is 4.01. The highest BCUT2D eigenvalue weighted by atomic mass is 79.9. The summed E-state index contributed by atoms with van der Waals surface area (Å²) in [6.45, 7) is 0.0777. The number of aliphatic carboxylic acids is 1. The summed E-state index contributed by atoms with van der Waals surface area (Å²) in [5.41, 5.74) is 6.51. The Morgan fingerprint density at radius 1 is 1.44 bits per heavy atom. The Kier molecular flexibility index (Phi) is 5.11. The van der Waals surface area contributed by atoms with E-state index in [4.69, 9.17) is 15.9 Å². The monoisotopic (exact) mass is 316 g/mol. The lowest BCUT2D eigenvalue weighted by molar-refractivity contribution is -0.146. The Labute approximate surface area is 112 Å². The maximum Gasteiger partial charge on any atom is 0.332 e. The Hall–Kier alpha value is -1.60. The van der Waals surface area contributed by atoms with E-state index < -0.39 is 12.1 Å². The number of nitrogens with two attached hydrogens (primary N) is 1. The van der Waals surface area contributed by atoms with Gasteiger partial charge in [-0.3, -0.25) is 4.79 Å². The van der Waals surface area contributed by atoms with Crippen LogP contribution in [-0.2, 0) is 4.79 Å². The van der Waals surface area contributed by atoms with Gasteiger partial charge in [0.25, 0.3) is 5.91 Å². The van der Waals surface area contributed by atoms with Gasteiger partial charge in [0.1, 0.15) is 0 Å². The molecule has 0 aromatic heterocycles. The van der Waals surface area contributed by atoms with Gasteiger partial charge in [-0.1, -0.05) is 0 Å². The molecule has 6 nitrogen and oxygen atoms in total. The van der Waals surface area contributed by atoms with Crippen LogP contribution in [0.4, 0.5) is 5.69 Å². The Bertz CT molecular complexity index is 464. The number of carboxylic acid groups (broad SMARTS) is 1. The van der Waals surface area contributed by atoms with Gasteiger partial charge < -0.3 is 21.3 Å². The smallest absolute Gasteiger partial charge is 0.332 e. The van der Waals surface area contributed by atoms with Crippen molar-refractivity contribution < 1.29 is 19.8 Å². The maximum atomic E-state index is 11.7. The van der Waals surface area contributed by atoms with E-state index in [9.17, 15) is 9.59 Å². The molecule has 98 valence electrons. The number of rotatable bonds is 5. The van der Waals surface area contributed by atoms with E-state index in [1.165, 1.54) is 0 Å². The van der Waals surface area contributed by atoms with Gasteiger partial charge >= 0.3 is 5.97 Å². The van der Waals surface area contributed by atoms with Crippen molar-refractivity contribution in [2.45, 2.75) is 12.5 Å². The van der Waals surface area contributed by atoms with Gasteiger partial charge in [0.2, 0.25) is 0 Å². The van der Waals surface area contributed by atoms with Crippen molar-refractivity contribution in [1.82, 2.24) is 5.32 Å². The van der Waals surface area contributed by atoms with Gasteiger partial charge in [0.15, 0.2) is 6.10 Å². The minimum atomic E-state index is -1.47. The average molecular weight is 317 g/mol. The van der Waals surface area contributed by atoms with E-state index in [0.717, 1.165) is 0 Å². The normalized spacial score (nSPS) is 11.9. The SMILES string of the molecule is Nc1ccc(C(=O)NCCC(O)C(=O)O)cc1Br. The number of carbonyl (C=O) groups excluding carboxylic acids is 1. The molecule has 18 heavy (non-hydrogen) atoms. The van der Waals surface area contributed by atoms with Crippen molar-refractivity contribution >= 4 is 33.5 Å². The van der Waals surface area contributed by atoms with E-state index in [2.05, 4.69) is 21.2 Å². The third-order valence-electron chi connectivity index (χ3n) is 2.25. The maximum absolute atomic E-state index is 11.7. The fourth-order valence-corrected chi connectivity index (χ4v) is 1.60. The lowest BCUT2D eigenvalue weighted by Crippen LogP contribution is -2.30. The molecule has 0 saturated heterocycles. The highest BCUT2D eigenvalue weighted by molar-refractivity contribution is 9.10. The van der Waals surface area contributed by atoms with E-state index >= 15 is 0 Å². The van der Waals surface area contributed by atoms with Crippen molar-refractivity contribution in [2.24, 2.45) is 0 Å². The number of hydrogen-bond acceptors (Lipinski definition) is 4. The lowest BCUT2D eigenvalue weighted by Gasteiger charge is -2.08. The van der Waals surface area contributed by atoms with E-state index in [1.807, 2.05) is 0 Å². The average Bonchev–Trinajstić information content (AvgIpc) is 2.32. The first-order chi connectivity index (χ1) is 8.41. The molecule has 0 aliphatic rings. The minimum Gasteiger partial charge on any atom is -0.479 e. The van der Waals surface area contributed by atoms with Crippen LogP contribution in [0.25, 0.3) is 0 Å². The molecule has 5 N–H and O–H groups in total. The number of carbonyl (C=O) groups is 2. The molecule has 0 bridgehead atoms. The summed E-state index contributed by atoms with van der Waals surface area (Å²) in [5, 5.41) is 20.0. The molecule has 0 saturated carbocycles. The number of aliphatic hydroxyl groups excluding tert-OH is 1. The molecule has 0 heterocycles. The summed E-state index contributed by atoms with van der Waals surface area (Å²) in [5.74, 6) is -1.66. The number of benzene rings is 1. The van der Waals surface area contributed by atoms with Crippen LogP contribution in [0.15, 0.2) is 22.7 Å². The second kappa shape index (κ2) is 6.36. The Balaban J connectivity index is 2.50. The van der Waals surface area contributed by atoms with Crippen molar-refractivity contribution in [2.75, 3.05) is 12.3 Å². The fourth-order valence-electron chi connectivity index (χ4n) is 1.22. The number of anilines is 1. The van der Waals surface area contributed by atoms with E-state index in [-0.39, 0.29) is 18.9 Å². The lowest BCUT2D eigenvalue weighted by atomic mass is 10.2. The number of nitrogens with one attached hydrogen (secondary N) is 1. The Morgan fingerprint density at radius 2 is 2.11 bits per heavy atom. The Morgan fingerprint density at radius 3 is 2.67 bits per heavy atom. The molecule has 0 fully saturated rings. The van der Waals surface area contributed by atoms with Crippen LogP contribution in [-0.4, -0.2) is 34.7 Å². The van der Waals surface area contributed by atoms with Gasteiger partial charge in [-0.05, 0) is 34.1 Å². The fraction of sp³-hybridized carbons (Fsp3) is 0.273. The second-order valence-electron chi connectivity index (χ2n) is 3.63. The molecular weight excluding hydrogens is 304 g/mol. The number of aliphatic hydroxyl groups is 1. The predicted molar refractivity (Wildman–Crippen MR) is 69.1 cm³/mol. The first-order valence-electron chi connectivity index (χ1n) is 5.16. The number of carboxylic acids is 1. The van der Waals surface area contributed by atoms with Crippen LogP contribution in [0.3, 0.4) is 0 Å². The quantitative estimate of drug-likeness (QED) is 0.594. The van der Waals surface area contributed by atoms with Crippen LogP contribution < -0.4 is 11.1 Å². The molecule has 0 aliphatic carbocycles. The molecule has 0 spiro atoms. The van der Waals surface area contributed by atoms with Gasteiger partial charge in [-0.25, -0.2) is 4.79 Å². The molecule has 1 amide bonds. The van der Waals surface area contributed by atoms with E-state index in [1.54, 1.807) is 18.2 Å². The van der Waals surface area contributed by atoms with Crippen molar-refractivity contribution in [3.8, 4) is 0 Å². The first-order valence-corrected chi connectivity index (χ1v) is 5.95. The van der Waals surface area contributed by atoms with Crippen molar-refractivity contribution in [3.63, 3.8) is 0 Å². The molecular formula is C11H13BrN2O4. The predicted octanol–water partition coefficient (Wildman–Crippen LogP) is 0.597. The largest absolute Gasteiger partial charge is 0.479 e. The summed E-state index contributed by atoms with van der Waals surface area (Å²) in [4.78, 5) is 22.0. The third-order valence-corrected chi connectivity index (χ3v) is 2.94. The van der Waals surface area contributed by atoms with Gasteiger partial charge in [0, 0.05) is 28.7 Å². The highest BCUT2D eigenvalue weighted by Gasteiger charge is 2.13. The summed E-state index contributed by atoms with van der Waals surface area (Å²) >= 11 is 3.20. The summed E-state index contributed by atoms with van der Waals surface area (Å²) < 4.78 is 0.612. The van der Waals surface area contributed by atoms with Crippen LogP contribution in [0.2, 0.25) is 0 Å². The standard InChI is InChI=1S/C11H13BrN2O4/c12-7-5-6(1-2-8(7)13)10(16)14-4-3-9(15)11(17)18/h1-2,5,9,15H,3-4,13H2,(H,14,16)(H,17,18). The van der Waals surface area contributed by atoms with Crippen LogP contribution in [0.1, 0.15) is 16.8 Å². The number of nitrogen functional groups attached to an aromatic ring is 1. The van der Waals surface area contributed by atoms with E-state index in [0.29, 0.717) is 15.7 Å². The molecule has 1 aromatic rings. The summed E-state index contributed by atoms with van der Waals surface area (Å²) in [6, 6.07) is 4.71. The zero-order valence-corrected chi connectivity index (χ0v) is 11.0. The molecule has 0 radical (unpaired) electrons. The topological polar surface area (TPSA) is 113 Å². The van der Waals surface area contributed by atoms with Gasteiger partial charge in [-0.2, -0.15) is 0 Å². The zero-order chi connectivity index (χ0) is 13.7. The van der Waals surface area contributed by atoms with Crippen LogP contribution in [0, 0.1) is 0 Å². The minimum absolute atomic E-state index is 0.0444. The van der Waals surface area contributed by atoms with Crippen molar-refractivity contribution in [1.29, 1.82) is 0 Å². The first kappa shape index (κ1) is 14.5. The molecule has 1 atom stereocenters. The summed E-state index contributed by atoms with van der Waals surface area (Å²) in [6.07, 6.45) is -1.51. The molecule has 0 aliphatic heterocycles. The zero-order valence-electron chi connectivity index (χ0n) is 9.39. The highest BCUT2D eigenvalue weighted by Crippen LogP contribution is 2.20. The van der Waals surface area contributed by atoms with Gasteiger partial charge in [-0.15, -0.1) is 0 Å². The van der Waals surface area contributed by atoms with Crippen LogP contribution >= 0.6 is 15.9 Å². The molecule has 1 rings (SSSR count). The number of hydrogen-bond donors (Lipinski definition) is 4. The second-order valence-corrected chi connectivity index (χ2v) is 4.49. The number of amides is 1.